The number of guanidine groups is 1. The molecule has 1 aliphatic rings. The van der Waals surface area contributed by atoms with Crippen LogP contribution in [0.5, 0.6) is 0 Å². The van der Waals surface area contributed by atoms with Crippen LogP contribution in [-0.4, -0.2) is 68.0 Å². The fourth-order valence-electron chi connectivity index (χ4n) is 2.85. The van der Waals surface area contributed by atoms with Gasteiger partial charge in [-0.1, -0.05) is 23.7 Å². The Morgan fingerprint density at radius 1 is 1.32 bits per heavy atom. The number of ether oxygens (including phenoxy) is 1. The Hall–Kier alpha value is -1.79. The lowest BCUT2D eigenvalue weighted by atomic mass is 10.1. The maximum absolute atomic E-state index is 11.5. The summed E-state index contributed by atoms with van der Waals surface area (Å²) in [7, 11) is 1.68. The molecule has 1 fully saturated rings. The molecule has 0 aliphatic carbocycles. The van der Waals surface area contributed by atoms with Gasteiger partial charge < -0.3 is 19.9 Å². The number of nitrogens with one attached hydrogen (secondary N) is 1. The fourth-order valence-corrected chi connectivity index (χ4v) is 3.05. The first kappa shape index (κ1) is 19.5. The molecule has 6 nitrogen and oxygen atoms in total. The summed E-state index contributed by atoms with van der Waals surface area (Å²) in [6, 6.07) is 7.66. The van der Waals surface area contributed by atoms with Gasteiger partial charge in [-0.25, -0.2) is 0 Å². The van der Waals surface area contributed by atoms with Gasteiger partial charge in [-0.3, -0.25) is 9.79 Å². The summed E-state index contributed by atoms with van der Waals surface area (Å²) in [4.78, 5) is 20.3. The van der Waals surface area contributed by atoms with Crippen LogP contribution in [0.25, 0.3) is 0 Å². The topological polar surface area (TPSA) is 57.2 Å². The second-order valence-corrected chi connectivity index (χ2v) is 6.40. The molecule has 1 unspecified atom stereocenters. The van der Waals surface area contributed by atoms with Gasteiger partial charge in [0.25, 0.3) is 0 Å². The summed E-state index contributed by atoms with van der Waals surface area (Å²) in [6.07, 6.45) is -0.147. The highest BCUT2D eigenvalue weighted by atomic mass is 35.5. The smallest absolute Gasteiger partial charge is 0.219 e. The summed E-state index contributed by atoms with van der Waals surface area (Å²) in [5.74, 6) is 0.983. The first-order valence-corrected chi connectivity index (χ1v) is 9.00. The van der Waals surface area contributed by atoms with E-state index < -0.39 is 0 Å². The van der Waals surface area contributed by atoms with Crippen molar-refractivity contribution >= 4 is 23.5 Å². The number of nitrogens with zero attached hydrogens (tertiary/aromatic N) is 3. The Morgan fingerprint density at radius 3 is 2.56 bits per heavy atom. The minimum absolute atomic E-state index is 0.127. The van der Waals surface area contributed by atoms with Crippen molar-refractivity contribution in [3.8, 4) is 0 Å². The van der Waals surface area contributed by atoms with Crippen molar-refractivity contribution in [2.75, 3.05) is 46.4 Å². The third-order valence-electron chi connectivity index (χ3n) is 4.27. The van der Waals surface area contributed by atoms with Crippen molar-refractivity contribution in [3.63, 3.8) is 0 Å². The summed E-state index contributed by atoms with van der Waals surface area (Å²) in [6.45, 7) is 7.96. The highest BCUT2D eigenvalue weighted by molar-refractivity contribution is 6.30. The van der Waals surface area contributed by atoms with E-state index in [1.807, 2.05) is 36.1 Å². The lowest BCUT2D eigenvalue weighted by Crippen LogP contribution is -2.53. The van der Waals surface area contributed by atoms with Gasteiger partial charge in [-0.05, 0) is 24.6 Å². The lowest BCUT2D eigenvalue weighted by Gasteiger charge is -2.36. The van der Waals surface area contributed by atoms with Gasteiger partial charge in [0.05, 0.1) is 6.54 Å². The molecular formula is C18H27ClN4O2. The molecule has 1 atom stereocenters. The molecule has 1 aromatic rings. The van der Waals surface area contributed by atoms with Crippen LogP contribution in [0.4, 0.5) is 0 Å². The van der Waals surface area contributed by atoms with Gasteiger partial charge in [0.2, 0.25) is 5.91 Å². The van der Waals surface area contributed by atoms with Crippen molar-refractivity contribution in [1.29, 1.82) is 0 Å². The van der Waals surface area contributed by atoms with E-state index in [1.54, 1.807) is 14.0 Å². The number of aliphatic imine (C=N–C) groups is 1. The normalized spacial score (nSPS) is 16.7. The Bertz CT molecular complexity index is 600. The van der Waals surface area contributed by atoms with E-state index in [9.17, 15) is 4.79 Å². The fraction of sp³-hybridized carbons (Fsp3) is 0.556. The van der Waals surface area contributed by atoms with Crippen LogP contribution in [-0.2, 0) is 9.53 Å². The minimum atomic E-state index is -0.147. The van der Waals surface area contributed by atoms with Gasteiger partial charge >= 0.3 is 0 Å². The highest BCUT2D eigenvalue weighted by Gasteiger charge is 2.21. The molecule has 0 saturated carbocycles. The van der Waals surface area contributed by atoms with E-state index in [0.717, 1.165) is 44.2 Å². The Kier molecular flexibility index (Phi) is 7.52. The van der Waals surface area contributed by atoms with Crippen LogP contribution >= 0.6 is 11.6 Å². The zero-order chi connectivity index (χ0) is 18.2. The van der Waals surface area contributed by atoms with Gasteiger partial charge in [0, 0.05) is 51.8 Å². The molecule has 0 radical (unpaired) electrons. The predicted octanol–water partition coefficient (Wildman–Crippen LogP) is 2.16. The number of hydrogen-bond donors (Lipinski definition) is 1. The number of amides is 1. The van der Waals surface area contributed by atoms with E-state index in [4.69, 9.17) is 21.3 Å². The second-order valence-electron chi connectivity index (χ2n) is 5.97. The molecule has 138 valence electrons. The van der Waals surface area contributed by atoms with Crippen LogP contribution in [0.3, 0.4) is 0 Å². The summed E-state index contributed by atoms with van der Waals surface area (Å²) >= 11 is 6.08. The first-order chi connectivity index (χ1) is 12.0. The quantitative estimate of drug-likeness (QED) is 0.641. The van der Waals surface area contributed by atoms with Crippen LogP contribution in [0.1, 0.15) is 25.5 Å². The van der Waals surface area contributed by atoms with Crippen LogP contribution in [0.2, 0.25) is 5.02 Å². The third-order valence-corrected chi connectivity index (χ3v) is 4.51. The SMILES string of the molecule is CCNC(=NCC(OC)c1cccc(Cl)c1)N1CCN(C(C)=O)CC1. The summed E-state index contributed by atoms with van der Waals surface area (Å²) < 4.78 is 5.59. The zero-order valence-corrected chi connectivity index (χ0v) is 15.9. The van der Waals surface area contributed by atoms with E-state index in [2.05, 4.69) is 10.2 Å². The number of benzene rings is 1. The molecule has 1 aliphatic heterocycles. The lowest BCUT2D eigenvalue weighted by molar-refractivity contribution is -0.130. The standard InChI is InChI=1S/C18H27ClN4O2/c1-4-20-18(23-10-8-22(9-11-23)14(2)24)21-13-17(25-3)15-6-5-7-16(19)12-15/h5-7,12,17H,4,8-11,13H2,1-3H3,(H,20,21). The van der Waals surface area contributed by atoms with Crippen LogP contribution in [0, 0.1) is 0 Å². The maximum atomic E-state index is 11.5. The molecule has 25 heavy (non-hydrogen) atoms. The molecule has 0 aromatic heterocycles. The number of piperazine rings is 1. The van der Waals surface area contributed by atoms with Gasteiger partial charge in [0.15, 0.2) is 5.96 Å². The zero-order valence-electron chi connectivity index (χ0n) is 15.2. The van der Waals surface area contributed by atoms with E-state index >= 15 is 0 Å². The molecule has 7 heteroatoms. The minimum Gasteiger partial charge on any atom is -0.375 e. The van der Waals surface area contributed by atoms with Crippen molar-refractivity contribution in [3.05, 3.63) is 34.9 Å². The maximum Gasteiger partial charge on any atom is 0.219 e. The molecule has 1 heterocycles. The van der Waals surface area contributed by atoms with E-state index in [-0.39, 0.29) is 12.0 Å². The highest BCUT2D eigenvalue weighted by Crippen LogP contribution is 2.20. The number of carbonyl (C=O) groups is 1. The monoisotopic (exact) mass is 366 g/mol. The Morgan fingerprint density at radius 2 is 2.00 bits per heavy atom. The van der Waals surface area contributed by atoms with E-state index in [1.165, 1.54) is 0 Å². The van der Waals surface area contributed by atoms with Gasteiger partial charge in [-0.15, -0.1) is 0 Å². The number of rotatable bonds is 5. The second kappa shape index (κ2) is 9.63. The number of carbonyl (C=O) groups excluding carboxylic acids is 1. The average Bonchev–Trinajstić information content (AvgIpc) is 2.61. The first-order valence-electron chi connectivity index (χ1n) is 8.62. The van der Waals surface area contributed by atoms with Crippen molar-refractivity contribution < 1.29 is 9.53 Å². The largest absolute Gasteiger partial charge is 0.375 e. The Labute approximate surface area is 154 Å². The van der Waals surface area contributed by atoms with Gasteiger partial charge in [0.1, 0.15) is 6.10 Å². The molecule has 2 rings (SSSR count). The number of methoxy groups -OCH3 is 1. The molecule has 1 saturated heterocycles. The number of halogens is 1. The summed E-state index contributed by atoms with van der Waals surface area (Å²) in [5, 5.41) is 4.02. The predicted molar refractivity (Wildman–Crippen MR) is 101 cm³/mol. The Balaban J connectivity index is 2.04. The van der Waals surface area contributed by atoms with Crippen molar-refractivity contribution in [1.82, 2.24) is 15.1 Å². The molecular weight excluding hydrogens is 340 g/mol. The number of hydrogen-bond acceptors (Lipinski definition) is 3. The molecule has 1 N–H and O–H groups in total. The van der Waals surface area contributed by atoms with Crippen molar-refractivity contribution in [2.24, 2.45) is 4.99 Å². The summed E-state index contributed by atoms with van der Waals surface area (Å²) in [5.41, 5.74) is 1.01. The molecule has 1 aromatic carbocycles. The van der Waals surface area contributed by atoms with E-state index in [0.29, 0.717) is 11.6 Å². The van der Waals surface area contributed by atoms with Crippen molar-refractivity contribution in [2.45, 2.75) is 20.0 Å². The molecule has 0 bridgehead atoms. The van der Waals surface area contributed by atoms with Crippen LogP contribution in [0.15, 0.2) is 29.3 Å². The molecule has 1 amide bonds. The average molecular weight is 367 g/mol. The third kappa shape index (κ3) is 5.61. The molecule has 0 spiro atoms. The van der Waals surface area contributed by atoms with Gasteiger partial charge in [-0.2, -0.15) is 0 Å². The van der Waals surface area contributed by atoms with Crippen LogP contribution < -0.4 is 5.32 Å².